The Kier molecular flexibility index (Phi) is 5.93. The Labute approximate surface area is 154 Å². The number of carbonyl (C=O) groups is 2. The number of nitrogens with zero attached hydrogens (tertiary/aromatic N) is 1. The van der Waals surface area contributed by atoms with Crippen molar-refractivity contribution in [2.24, 2.45) is 5.92 Å². The Morgan fingerprint density at radius 2 is 1.85 bits per heavy atom. The number of hydrogen-bond donors (Lipinski definition) is 2. The summed E-state index contributed by atoms with van der Waals surface area (Å²) in [6, 6.07) is 5.88. The molecule has 0 aromatic heterocycles. The summed E-state index contributed by atoms with van der Waals surface area (Å²) < 4.78 is 27.2. The van der Waals surface area contributed by atoms with Crippen LogP contribution in [0, 0.1) is 5.92 Å². The van der Waals surface area contributed by atoms with Gasteiger partial charge in [-0.2, -0.15) is 0 Å². The molecule has 0 unspecified atom stereocenters. The molecule has 1 aromatic rings. The average molecular weight is 379 g/mol. The highest BCUT2D eigenvalue weighted by atomic mass is 32.2. The van der Waals surface area contributed by atoms with Gasteiger partial charge in [0.05, 0.1) is 11.4 Å². The second-order valence-electron chi connectivity index (χ2n) is 6.95. The molecule has 1 heterocycles. The molecule has 2 aliphatic rings. The first kappa shape index (κ1) is 18.8. The van der Waals surface area contributed by atoms with Crippen molar-refractivity contribution in [1.82, 2.24) is 14.9 Å². The van der Waals surface area contributed by atoms with Crippen molar-refractivity contribution in [3.8, 4) is 0 Å². The molecule has 8 heteroatoms. The number of rotatable bonds is 7. The summed E-state index contributed by atoms with van der Waals surface area (Å²) in [5, 5.41) is 2.59. The third-order valence-corrected chi connectivity index (χ3v) is 6.20. The molecule has 1 saturated heterocycles. The van der Waals surface area contributed by atoms with Gasteiger partial charge in [-0.1, -0.05) is 6.07 Å². The lowest BCUT2D eigenvalue weighted by Crippen LogP contribution is -2.42. The molecule has 0 atom stereocenters. The number of amides is 2. The first-order valence-electron chi connectivity index (χ1n) is 9.11. The molecule has 3 rings (SSSR count). The van der Waals surface area contributed by atoms with Crippen LogP contribution in [0.15, 0.2) is 29.2 Å². The molecule has 1 aromatic carbocycles. The summed E-state index contributed by atoms with van der Waals surface area (Å²) in [5.41, 5.74) is 0.228. The summed E-state index contributed by atoms with van der Waals surface area (Å²) in [4.78, 5) is 26.2. The van der Waals surface area contributed by atoms with Crippen molar-refractivity contribution in [2.45, 2.75) is 37.0 Å². The molecule has 1 aliphatic heterocycles. The van der Waals surface area contributed by atoms with Gasteiger partial charge in [0.2, 0.25) is 15.9 Å². The zero-order chi connectivity index (χ0) is 18.6. The first-order valence-corrected chi connectivity index (χ1v) is 10.6. The monoisotopic (exact) mass is 379 g/mol. The van der Waals surface area contributed by atoms with Crippen LogP contribution in [0.25, 0.3) is 0 Å². The molecular formula is C18H25N3O4S. The molecule has 2 amide bonds. The lowest BCUT2D eigenvalue weighted by atomic mass is 10.1. The molecule has 1 saturated carbocycles. The Balaban J connectivity index is 1.57. The number of sulfonamides is 1. The van der Waals surface area contributed by atoms with Crippen LogP contribution in [0.5, 0.6) is 0 Å². The summed E-state index contributed by atoms with van der Waals surface area (Å²) in [7, 11) is -3.62. The van der Waals surface area contributed by atoms with E-state index in [4.69, 9.17) is 0 Å². The van der Waals surface area contributed by atoms with Gasteiger partial charge in [-0.05, 0) is 56.2 Å². The SMILES string of the molecule is O=C(NCC(=O)N1CCCCC1)c1cccc(S(=O)(=O)NCC2CC2)c1. The Bertz CT molecular complexity index is 768. The Morgan fingerprint density at radius 1 is 1.12 bits per heavy atom. The van der Waals surface area contributed by atoms with E-state index in [1.807, 2.05) is 0 Å². The van der Waals surface area contributed by atoms with Gasteiger partial charge in [0.15, 0.2) is 0 Å². The van der Waals surface area contributed by atoms with E-state index in [-0.39, 0.29) is 22.9 Å². The van der Waals surface area contributed by atoms with Gasteiger partial charge in [-0.3, -0.25) is 9.59 Å². The first-order chi connectivity index (χ1) is 12.5. The minimum atomic E-state index is -3.62. The fraction of sp³-hybridized carbons (Fsp3) is 0.556. The largest absolute Gasteiger partial charge is 0.343 e. The van der Waals surface area contributed by atoms with Crippen LogP contribution in [-0.4, -0.2) is 51.3 Å². The molecule has 0 spiro atoms. The standard InChI is InChI=1S/C18H25N3O4S/c22-17(21-9-2-1-3-10-21)13-19-18(23)15-5-4-6-16(11-15)26(24,25)20-12-14-7-8-14/h4-6,11,14,20H,1-3,7-10,12-13H2,(H,19,23). The topological polar surface area (TPSA) is 95.6 Å². The van der Waals surface area contributed by atoms with E-state index in [0.29, 0.717) is 12.5 Å². The number of likely N-dealkylation sites (tertiary alicyclic amines) is 1. The van der Waals surface area contributed by atoms with Crippen molar-refractivity contribution < 1.29 is 18.0 Å². The predicted octanol–water partition coefficient (Wildman–Crippen LogP) is 1.12. The van der Waals surface area contributed by atoms with Crippen LogP contribution < -0.4 is 10.0 Å². The van der Waals surface area contributed by atoms with Gasteiger partial charge in [0.1, 0.15) is 0 Å². The van der Waals surface area contributed by atoms with Crippen LogP contribution in [-0.2, 0) is 14.8 Å². The summed E-state index contributed by atoms with van der Waals surface area (Å²) >= 11 is 0. The van der Waals surface area contributed by atoms with Gasteiger partial charge >= 0.3 is 0 Å². The summed E-state index contributed by atoms with van der Waals surface area (Å²) in [6.07, 6.45) is 5.22. The molecule has 2 N–H and O–H groups in total. The van der Waals surface area contributed by atoms with Crippen LogP contribution in [0.3, 0.4) is 0 Å². The number of piperidine rings is 1. The van der Waals surface area contributed by atoms with Crippen molar-refractivity contribution in [3.05, 3.63) is 29.8 Å². The summed E-state index contributed by atoms with van der Waals surface area (Å²) in [6.45, 7) is 1.82. The zero-order valence-electron chi connectivity index (χ0n) is 14.7. The molecule has 142 valence electrons. The third kappa shape index (κ3) is 5.04. The molecule has 26 heavy (non-hydrogen) atoms. The molecule has 0 radical (unpaired) electrons. The zero-order valence-corrected chi connectivity index (χ0v) is 15.6. The second-order valence-corrected chi connectivity index (χ2v) is 8.71. The predicted molar refractivity (Wildman–Crippen MR) is 97.1 cm³/mol. The van der Waals surface area contributed by atoms with Crippen LogP contribution >= 0.6 is 0 Å². The van der Waals surface area contributed by atoms with E-state index in [0.717, 1.165) is 45.2 Å². The molecule has 2 fully saturated rings. The highest BCUT2D eigenvalue weighted by Gasteiger charge is 2.24. The van der Waals surface area contributed by atoms with E-state index < -0.39 is 15.9 Å². The highest BCUT2D eigenvalue weighted by molar-refractivity contribution is 7.89. The van der Waals surface area contributed by atoms with Crippen molar-refractivity contribution in [2.75, 3.05) is 26.2 Å². The quantitative estimate of drug-likeness (QED) is 0.742. The van der Waals surface area contributed by atoms with Crippen molar-refractivity contribution >= 4 is 21.8 Å². The fourth-order valence-electron chi connectivity index (χ4n) is 2.95. The van der Waals surface area contributed by atoms with Gasteiger partial charge in [0, 0.05) is 25.2 Å². The third-order valence-electron chi connectivity index (χ3n) is 4.77. The Morgan fingerprint density at radius 3 is 2.54 bits per heavy atom. The van der Waals surface area contributed by atoms with Gasteiger partial charge in [-0.15, -0.1) is 0 Å². The van der Waals surface area contributed by atoms with Gasteiger partial charge < -0.3 is 10.2 Å². The second kappa shape index (κ2) is 8.18. The van der Waals surface area contributed by atoms with Crippen molar-refractivity contribution in [1.29, 1.82) is 0 Å². The minimum absolute atomic E-state index is 0.0631. The van der Waals surface area contributed by atoms with Crippen molar-refractivity contribution in [3.63, 3.8) is 0 Å². The molecule has 0 bridgehead atoms. The van der Waals surface area contributed by atoms with E-state index in [1.165, 1.54) is 18.2 Å². The lowest BCUT2D eigenvalue weighted by molar-refractivity contribution is -0.130. The number of nitrogens with one attached hydrogen (secondary N) is 2. The highest BCUT2D eigenvalue weighted by Crippen LogP contribution is 2.28. The fourth-order valence-corrected chi connectivity index (χ4v) is 4.11. The average Bonchev–Trinajstić information content (AvgIpc) is 3.49. The molecule has 7 nitrogen and oxygen atoms in total. The smallest absolute Gasteiger partial charge is 0.251 e. The van der Waals surface area contributed by atoms with E-state index in [2.05, 4.69) is 10.0 Å². The Hall–Kier alpha value is -1.93. The van der Waals surface area contributed by atoms with E-state index >= 15 is 0 Å². The molecular weight excluding hydrogens is 354 g/mol. The summed E-state index contributed by atoms with van der Waals surface area (Å²) in [5.74, 6) is -0.125. The lowest BCUT2D eigenvalue weighted by Gasteiger charge is -2.26. The van der Waals surface area contributed by atoms with Crippen LogP contribution in [0.2, 0.25) is 0 Å². The maximum atomic E-state index is 12.3. The van der Waals surface area contributed by atoms with E-state index in [9.17, 15) is 18.0 Å². The van der Waals surface area contributed by atoms with E-state index in [1.54, 1.807) is 11.0 Å². The van der Waals surface area contributed by atoms with Crippen LogP contribution in [0.4, 0.5) is 0 Å². The number of hydrogen-bond acceptors (Lipinski definition) is 4. The van der Waals surface area contributed by atoms with Gasteiger partial charge in [-0.25, -0.2) is 13.1 Å². The maximum absolute atomic E-state index is 12.3. The minimum Gasteiger partial charge on any atom is -0.343 e. The maximum Gasteiger partial charge on any atom is 0.251 e. The van der Waals surface area contributed by atoms with Gasteiger partial charge in [0.25, 0.3) is 5.91 Å². The number of benzene rings is 1. The molecule has 1 aliphatic carbocycles. The van der Waals surface area contributed by atoms with Crippen LogP contribution in [0.1, 0.15) is 42.5 Å². The normalized spacial score (nSPS) is 17.8. The number of carbonyl (C=O) groups excluding carboxylic acids is 2.